The number of amides is 1. The second-order valence-electron chi connectivity index (χ2n) is 6.14. The number of benzene rings is 2. The van der Waals surface area contributed by atoms with Crippen LogP contribution in [0.2, 0.25) is 0 Å². The van der Waals surface area contributed by atoms with Crippen LogP contribution in [0.25, 0.3) is 0 Å². The lowest BCUT2D eigenvalue weighted by atomic mass is 10.0. The zero-order valence-corrected chi connectivity index (χ0v) is 16.4. The van der Waals surface area contributed by atoms with Crippen LogP contribution >= 0.6 is 0 Å². The molecule has 0 heterocycles. The molecule has 0 saturated carbocycles. The number of methoxy groups -OCH3 is 1. The number of carbonyl (C=O) groups excluding carboxylic acids is 1. The molecule has 6 nitrogen and oxygen atoms in total. The molecule has 140 valence electrons. The van der Waals surface area contributed by atoms with Crippen LogP contribution in [0.1, 0.15) is 40.0 Å². The highest BCUT2D eigenvalue weighted by Gasteiger charge is 2.22. The van der Waals surface area contributed by atoms with E-state index < -0.39 is 22.0 Å². The molecule has 2 rings (SSSR count). The van der Waals surface area contributed by atoms with Gasteiger partial charge in [0.1, 0.15) is 5.75 Å². The third-order valence-electron chi connectivity index (χ3n) is 4.18. The van der Waals surface area contributed by atoms with Gasteiger partial charge in [-0.1, -0.05) is 23.8 Å². The van der Waals surface area contributed by atoms with E-state index in [-0.39, 0.29) is 10.5 Å². The van der Waals surface area contributed by atoms with E-state index in [0.29, 0.717) is 5.75 Å². The molecule has 0 bridgehead atoms. The van der Waals surface area contributed by atoms with Crippen molar-refractivity contribution < 1.29 is 17.9 Å². The van der Waals surface area contributed by atoms with Crippen molar-refractivity contribution in [2.75, 3.05) is 14.2 Å². The highest BCUT2D eigenvalue weighted by molar-refractivity contribution is 7.89. The summed E-state index contributed by atoms with van der Waals surface area (Å²) in [6.07, 6.45) is 0. The number of rotatable bonds is 6. The van der Waals surface area contributed by atoms with Crippen LogP contribution in [0.5, 0.6) is 5.75 Å². The molecular weight excluding hydrogens is 352 g/mol. The topological polar surface area (TPSA) is 84.5 Å². The van der Waals surface area contributed by atoms with E-state index in [1.165, 1.54) is 32.4 Å². The largest absolute Gasteiger partial charge is 0.496 e. The van der Waals surface area contributed by atoms with E-state index in [0.717, 1.165) is 16.7 Å². The van der Waals surface area contributed by atoms with Gasteiger partial charge < -0.3 is 10.1 Å². The van der Waals surface area contributed by atoms with Crippen molar-refractivity contribution in [3.05, 3.63) is 58.7 Å². The maximum absolute atomic E-state index is 12.8. The molecule has 0 aliphatic carbocycles. The first kappa shape index (κ1) is 19.9. The Hall–Kier alpha value is -2.38. The average Bonchev–Trinajstić information content (AvgIpc) is 2.59. The van der Waals surface area contributed by atoms with Crippen LogP contribution < -0.4 is 14.8 Å². The van der Waals surface area contributed by atoms with Gasteiger partial charge in [0.15, 0.2) is 0 Å². The van der Waals surface area contributed by atoms with E-state index in [2.05, 4.69) is 10.0 Å². The Kier molecular flexibility index (Phi) is 6.05. The molecule has 0 aliphatic rings. The quantitative estimate of drug-likeness (QED) is 0.812. The number of sulfonamides is 1. The summed E-state index contributed by atoms with van der Waals surface area (Å²) in [6.45, 7) is 5.73. The number of aryl methyl sites for hydroxylation is 2. The first-order valence-corrected chi connectivity index (χ1v) is 9.67. The lowest BCUT2D eigenvalue weighted by molar-refractivity contribution is 0.0960. The maximum Gasteiger partial charge on any atom is 0.254 e. The summed E-state index contributed by atoms with van der Waals surface area (Å²) in [7, 11) is -0.907. The fraction of sp³-hybridized carbons (Fsp3) is 0.316. The van der Waals surface area contributed by atoms with Crippen LogP contribution in [0, 0.1) is 13.8 Å². The van der Waals surface area contributed by atoms with Gasteiger partial charge in [-0.2, -0.15) is 0 Å². The van der Waals surface area contributed by atoms with Crippen LogP contribution in [-0.4, -0.2) is 28.5 Å². The van der Waals surface area contributed by atoms with Crippen molar-refractivity contribution in [3.63, 3.8) is 0 Å². The molecule has 0 spiro atoms. The number of ether oxygens (including phenoxy) is 1. The molecular formula is C19H24N2O4S. The summed E-state index contributed by atoms with van der Waals surface area (Å²) < 4.78 is 33.4. The third-order valence-corrected chi connectivity index (χ3v) is 5.72. The Labute approximate surface area is 154 Å². The molecule has 0 aromatic heterocycles. The molecule has 0 unspecified atom stereocenters. The second-order valence-corrected chi connectivity index (χ2v) is 7.86. The minimum atomic E-state index is -3.81. The second kappa shape index (κ2) is 7.88. The number of hydrogen-bond acceptors (Lipinski definition) is 4. The Morgan fingerprint density at radius 3 is 2.38 bits per heavy atom. The normalized spacial score (nSPS) is 12.5. The first-order valence-electron chi connectivity index (χ1n) is 8.19. The molecule has 7 heteroatoms. The van der Waals surface area contributed by atoms with Crippen molar-refractivity contribution >= 4 is 15.9 Å². The maximum atomic E-state index is 12.8. The Morgan fingerprint density at radius 2 is 1.81 bits per heavy atom. The predicted molar refractivity (Wildman–Crippen MR) is 101 cm³/mol. The zero-order chi connectivity index (χ0) is 19.5. The summed E-state index contributed by atoms with van der Waals surface area (Å²) in [5, 5.41) is 2.48. The minimum absolute atomic E-state index is 0.00788. The monoisotopic (exact) mass is 376 g/mol. The standard InChI is InChI=1S/C19H24N2O4S/c1-12-6-8-16(13(2)10-12)14(3)21-26(23,24)15-7-9-18(25-5)17(11-15)19(22)20-4/h6-11,14,21H,1-5H3,(H,20,22)/t14-/m1/s1. The molecule has 26 heavy (non-hydrogen) atoms. The van der Waals surface area contributed by atoms with Gasteiger partial charge in [-0.3, -0.25) is 4.79 Å². The van der Waals surface area contributed by atoms with Crippen molar-refractivity contribution in [3.8, 4) is 5.75 Å². The number of nitrogens with one attached hydrogen (secondary N) is 2. The van der Waals surface area contributed by atoms with Crippen molar-refractivity contribution in [2.24, 2.45) is 0 Å². The first-order chi connectivity index (χ1) is 12.2. The van der Waals surface area contributed by atoms with Gasteiger partial charge in [0, 0.05) is 13.1 Å². The minimum Gasteiger partial charge on any atom is -0.496 e. The zero-order valence-electron chi connectivity index (χ0n) is 15.6. The van der Waals surface area contributed by atoms with Crippen molar-refractivity contribution in [2.45, 2.75) is 31.7 Å². The summed E-state index contributed by atoms with van der Waals surface area (Å²) in [5.74, 6) is -0.105. The summed E-state index contributed by atoms with van der Waals surface area (Å²) in [4.78, 5) is 12.0. The van der Waals surface area contributed by atoms with Gasteiger partial charge in [0.05, 0.1) is 17.6 Å². The van der Waals surface area contributed by atoms with Gasteiger partial charge in [-0.15, -0.1) is 0 Å². The summed E-state index contributed by atoms with van der Waals surface area (Å²) in [5.41, 5.74) is 3.20. The Morgan fingerprint density at radius 1 is 1.12 bits per heavy atom. The predicted octanol–water partition coefficient (Wildman–Crippen LogP) is 2.71. The lowest BCUT2D eigenvalue weighted by Gasteiger charge is -2.18. The highest BCUT2D eigenvalue weighted by atomic mass is 32.2. The van der Waals surface area contributed by atoms with E-state index in [1.54, 1.807) is 6.92 Å². The molecule has 0 fully saturated rings. The molecule has 0 radical (unpaired) electrons. The van der Waals surface area contributed by atoms with E-state index in [1.807, 2.05) is 32.0 Å². The van der Waals surface area contributed by atoms with E-state index >= 15 is 0 Å². The van der Waals surface area contributed by atoms with Crippen LogP contribution in [0.4, 0.5) is 0 Å². The van der Waals surface area contributed by atoms with Gasteiger partial charge in [-0.25, -0.2) is 13.1 Å². The summed E-state index contributed by atoms with van der Waals surface area (Å²) >= 11 is 0. The van der Waals surface area contributed by atoms with Gasteiger partial charge in [0.2, 0.25) is 10.0 Å². The van der Waals surface area contributed by atoms with Crippen LogP contribution in [0.15, 0.2) is 41.3 Å². The van der Waals surface area contributed by atoms with Crippen LogP contribution in [0.3, 0.4) is 0 Å². The van der Waals surface area contributed by atoms with Crippen molar-refractivity contribution in [1.82, 2.24) is 10.0 Å². The molecule has 2 N–H and O–H groups in total. The molecule has 0 saturated heterocycles. The third kappa shape index (κ3) is 4.23. The number of hydrogen-bond donors (Lipinski definition) is 2. The fourth-order valence-corrected chi connectivity index (χ4v) is 4.09. The Balaban J connectivity index is 2.36. The lowest BCUT2D eigenvalue weighted by Crippen LogP contribution is -2.28. The molecule has 0 aliphatic heterocycles. The molecule has 1 atom stereocenters. The molecule has 1 amide bonds. The van der Waals surface area contributed by atoms with Gasteiger partial charge in [0.25, 0.3) is 5.91 Å². The van der Waals surface area contributed by atoms with E-state index in [4.69, 9.17) is 4.74 Å². The van der Waals surface area contributed by atoms with Crippen LogP contribution in [-0.2, 0) is 10.0 Å². The molecule has 2 aromatic rings. The molecule has 2 aromatic carbocycles. The Bertz CT molecular complexity index is 923. The smallest absolute Gasteiger partial charge is 0.254 e. The number of carbonyl (C=O) groups is 1. The van der Waals surface area contributed by atoms with Gasteiger partial charge in [-0.05, 0) is 50.1 Å². The SMILES string of the molecule is CNC(=O)c1cc(S(=O)(=O)N[C@H](C)c2ccc(C)cc2C)ccc1OC. The van der Waals surface area contributed by atoms with Gasteiger partial charge >= 0.3 is 0 Å². The van der Waals surface area contributed by atoms with Crippen molar-refractivity contribution in [1.29, 1.82) is 0 Å². The summed E-state index contributed by atoms with van der Waals surface area (Å²) in [6, 6.07) is 9.67. The highest BCUT2D eigenvalue weighted by Crippen LogP contribution is 2.25. The average molecular weight is 376 g/mol. The van der Waals surface area contributed by atoms with E-state index in [9.17, 15) is 13.2 Å². The fourth-order valence-electron chi connectivity index (χ4n) is 2.84.